The molecular formula is C13H16Cl2N4O2. The van der Waals surface area contributed by atoms with Crippen molar-refractivity contribution >= 4 is 29.2 Å². The predicted octanol–water partition coefficient (Wildman–Crippen LogP) is 3.67. The van der Waals surface area contributed by atoms with E-state index in [2.05, 4.69) is 15.3 Å². The van der Waals surface area contributed by atoms with Gasteiger partial charge in [-0.2, -0.15) is 0 Å². The Morgan fingerprint density at radius 3 is 2.86 bits per heavy atom. The maximum atomic E-state index is 12.3. The molecule has 0 saturated carbocycles. The van der Waals surface area contributed by atoms with E-state index in [4.69, 9.17) is 33.5 Å². The molecule has 1 rings (SSSR count). The second-order valence-electron chi connectivity index (χ2n) is 4.35. The first-order valence-corrected chi connectivity index (χ1v) is 7.10. The molecule has 1 N–H and O–H groups in total. The Kier molecular flexibility index (Phi) is 6.78. The molecule has 21 heavy (non-hydrogen) atoms. The second-order valence-corrected chi connectivity index (χ2v) is 5.19. The van der Waals surface area contributed by atoms with Crippen LogP contribution < -0.4 is 5.32 Å². The molecule has 114 valence electrons. The van der Waals surface area contributed by atoms with Gasteiger partial charge in [-0.25, -0.2) is 4.79 Å². The number of hydrogen-bond donors (Lipinski definition) is 1. The molecule has 1 aromatic carbocycles. The van der Waals surface area contributed by atoms with Gasteiger partial charge in [0, 0.05) is 33.6 Å². The molecule has 0 aliphatic heterocycles. The lowest BCUT2D eigenvalue weighted by Gasteiger charge is -2.30. The number of carbonyl (C=O) groups is 1. The second kappa shape index (κ2) is 8.10. The van der Waals surface area contributed by atoms with Gasteiger partial charge in [-0.3, -0.25) is 5.32 Å². The first-order chi connectivity index (χ1) is 9.95. The van der Waals surface area contributed by atoms with E-state index in [1.807, 2.05) is 0 Å². The third-order valence-corrected chi connectivity index (χ3v) is 3.47. The summed E-state index contributed by atoms with van der Waals surface area (Å²) < 4.78 is 5.11. The molecule has 0 aliphatic rings. The minimum Gasteiger partial charge on any atom is -0.464 e. The van der Waals surface area contributed by atoms with E-state index < -0.39 is 11.5 Å². The van der Waals surface area contributed by atoms with Crippen LogP contribution in [0.2, 0.25) is 10.0 Å². The van der Waals surface area contributed by atoms with Crippen molar-refractivity contribution in [1.82, 2.24) is 5.32 Å². The largest absolute Gasteiger partial charge is 0.464 e. The van der Waals surface area contributed by atoms with Gasteiger partial charge in [0.1, 0.15) is 5.54 Å². The lowest BCUT2D eigenvalue weighted by molar-refractivity contribution is -0.151. The summed E-state index contributed by atoms with van der Waals surface area (Å²) >= 11 is 12.2. The highest BCUT2D eigenvalue weighted by molar-refractivity contribution is 6.33. The van der Waals surface area contributed by atoms with Gasteiger partial charge in [0.25, 0.3) is 0 Å². The first kappa shape index (κ1) is 17.6. The topological polar surface area (TPSA) is 87.1 Å². The minimum atomic E-state index is -1.18. The molecule has 6 nitrogen and oxygen atoms in total. The molecule has 1 unspecified atom stereocenters. The molecule has 0 spiro atoms. The standard InChI is InChI=1S/C13H16Cl2N4O2/c1-3-21-12(20)13(2,17-6-7-18-19-16)10-8-9(14)4-5-11(10)15/h4-5,8,17H,3,6-7H2,1-2H3. The molecule has 1 aromatic rings. The fourth-order valence-electron chi connectivity index (χ4n) is 1.83. The Morgan fingerprint density at radius 1 is 1.52 bits per heavy atom. The van der Waals surface area contributed by atoms with Gasteiger partial charge in [0.15, 0.2) is 0 Å². The van der Waals surface area contributed by atoms with Crippen molar-refractivity contribution in [2.75, 3.05) is 19.7 Å². The Morgan fingerprint density at radius 2 is 2.24 bits per heavy atom. The van der Waals surface area contributed by atoms with Crippen molar-refractivity contribution < 1.29 is 9.53 Å². The molecule has 1 atom stereocenters. The zero-order chi connectivity index (χ0) is 15.9. The maximum absolute atomic E-state index is 12.3. The first-order valence-electron chi connectivity index (χ1n) is 6.34. The molecule has 0 aliphatic carbocycles. The van der Waals surface area contributed by atoms with Crippen LogP contribution in [0.3, 0.4) is 0 Å². The van der Waals surface area contributed by atoms with Crippen molar-refractivity contribution in [2.45, 2.75) is 19.4 Å². The number of esters is 1. The fraction of sp³-hybridized carbons (Fsp3) is 0.462. The molecule has 8 heteroatoms. The number of halogens is 2. The summed E-state index contributed by atoms with van der Waals surface area (Å²) in [6, 6.07) is 4.87. The lowest BCUT2D eigenvalue weighted by atomic mass is 9.91. The van der Waals surface area contributed by atoms with Crippen molar-refractivity contribution in [3.63, 3.8) is 0 Å². The van der Waals surface area contributed by atoms with E-state index in [0.717, 1.165) is 0 Å². The van der Waals surface area contributed by atoms with Crippen LogP contribution in [-0.4, -0.2) is 25.7 Å². The van der Waals surface area contributed by atoms with Gasteiger partial charge >= 0.3 is 5.97 Å². The van der Waals surface area contributed by atoms with Crippen LogP contribution in [0.4, 0.5) is 0 Å². The van der Waals surface area contributed by atoms with Crippen molar-refractivity contribution in [3.8, 4) is 0 Å². The number of ether oxygens (including phenoxy) is 1. The normalized spacial score (nSPS) is 13.1. The van der Waals surface area contributed by atoms with Gasteiger partial charge in [-0.05, 0) is 37.6 Å². The molecule has 0 amide bonds. The highest BCUT2D eigenvalue weighted by atomic mass is 35.5. The van der Waals surface area contributed by atoms with Gasteiger partial charge in [-0.15, -0.1) is 0 Å². The van der Waals surface area contributed by atoms with Gasteiger partial charge < -0.3 is 4.74 Å². The number of benzene rings is 1. The monoisotopic (exact) mass is 330 g/mol. The molecule has 0 fully saturated rings. The number of azide groups is 1. The number of rotatable bonds is 7. The van der Waals surface area contributed by atoms with Crippen LogP contribution in [0.5, 0.6) is 0 Å². The van der Waals surface area contributed by atoms with Crippen LogP contribution >= 0.6 is 23.2 Å². The van der Waals surface area contributed by atoms with Gasteiger partial charge in [-0.1, -0.05) is 28.3 Å². The van der Waals surface area contributed by atoms with E-state index in [1.54, 1.807) is 32.0 Å². The number of nitrogens with one attached hydrogen (secondary N) is 1. The van der Waals surface area contributed by atoms with E-state index in [-0.39, 0.29) is 13.2 Å². The van der Waals surface area contributed by atoms with E-state index in [1.165, 1.54) is 0 Å². The summed E-state index contributed by atoms with van der Waals surface area (Å²) in [7, 11) is 0. The molecule has 0 heterocycles. The van der Waals surface area contributed by atoms with Crippen molar-refractivity contribution in [3.05, 3.63) is 44.3 Å². The Hall–Kier alpha value is -1.46. The number of hydrogen-bond acceptors (Lipinski definition) is 4. The summed E-state index contributed by atoms with van der Waals surface area (Å²) in [6.07, 6.45) is 0. The maximum Gasteiger partial charge on any atom is 0.330 e. The molecule has 0 radical (unpaired) electrons. The Bertz CT molecular complexity index is 561. The minimum absolute atomic E-state index is 0.198. The Labute approximate surface area is 133 Å². The fourth-order valence-corrected chi connectivity index (χ4v) is 2.31. The average Bonchev–Trinajstić information content (AvgIpc) is 2.46. The summed E-state index contributed by atoms with van der Waals surface area (Å²) in [6.45, 7) is 4.10. The van der Waals surface area contributed by atoms with E-state index in [0.29, 0.717) is 22.2 Å². The van der Waals surface area contributed by atoms with Crippen LogP contribution in [0.15, 0.2) is 23.3 Å². The van der Waals surface area contributed by atoms with E-state index >= 15 is 0 Å². The third kappa shape index (κ3) is 4.51. The van der Waals surface area contributed by atoms with Gasteiger partial charge in [0.05, 0.1) is 6.61 Å². The highest BCUT2D eigenvalue weighted by Crippen LogP contribution is 2.31. The van der Waals surface area contributed by atoms with Crippen molar-refractivity contribution in [2.24, 2.45) is 5.11 Å². The SMILES string of the molecule is CCOC(=O)C(C)(NCCN=[N+]=[N-])c1cc(Cl)ccc1Cl. The van der Waals surface area contributed by atoms with Crippen LogP contribution in [0.25, 0.3) is 10.4 Å². The van der Waals surface area contributed by atoms with Crippen LogP contribution in [-0.2, 0) is 15.1 Å². The van der Waals surface area contributed by atoms with E-state index in [9.17, 15) is 4.79 Å². The van der Waals surface area contributed by atoms with Crippen molar-refractivity contribution in [1.29, 1.82) is 0 Å². The number of carbonyl (C=O) groups excluding carboxylic acids is 1. The summed E-state index contributed by atoms with van der Waals surface area (Å²) in [5.74, 6) is -0.477. The van der Waals surface area contributed by atoms with Crippen LogP contribution in [0, 0.1) is 0 Å². The Balaban J connectivity index is 3.13. The lowest BCUT2D eigenvalue weighted by Crippen LogP contribution is -2.48. The smallest absolute Gasteiger partial charge is 0.330 e. The molecular weight excluding hydrogens is 315 g/mol. The average molecular weight is 331 g/mol. The number of nitrogens with zero attached hydrogens (tertiary/aromatic N) is 3. The summed E-state index contributed by atoms with van der Waals surface area (Å²) in [5.41, 5.74) is 7.62. The third-order valence-electron chi connectivity index (χ3n) is 2.90. The zero-order valence-corrected chi connectivity index (χ0v) is 13.3. The quantitative estimate of drug-likeness (QED) is 0.272. The molecule has 0 saturated heterocycles. The zero-order valence-electron chi connectivity index (χ0n) is 11.8. The predicted molar refractivity (Wildman–Crippen MR) is 82.5 cm³/mol. The van der Waals surface area contributed by atoms with Gasteiger partial charge in [0.2, 0.25) is 0 Å². The molecule has 0 aromatic heterocycles. The van der Waals surface area contributed by atoms with Crippen LogP contribution in [0.1, 0.15) is 19.4 Å². The molecule has 0 bridgehead atoms. The summed E-state index contributed by atoms with van der Waals surface area (Å²) in [4.78, 5) is 15.0. The highest BCUT2D eigenvalue weighted by Gasteiger charge is 2.38. The summed E-state index contributed by atoms with van der Waals surface area (Å²) in [5, 5.41) is 7.29.